The van der Waals surface area contributed by atoms with Gasteiger partial charge in [-0.25, -0.2) is 0 Å². The Kier molecular flexibility index (Phi) is 7.74. The van der Waals surface area contributed by atoms with Crippen LogP contribution in [0.3, 0.4) is 0 Å². The maximum Gasteiger partial charge on any atom is 0.191 e. The summed E-state index contributed by atoms with van der Waals surface area (Å²) in [4.78, 5) is 4.36. The number of methoxy groups -OCH3 is 1. The largest absolute Gasteiger partial charge is 0.385 e. The third kappa shape index (κ3) is 5.27. The molecular formula is C16H32IN3O. The summed E-state index contributed by atoms with van der Waals surface area (Å²) in [5, 5.41) is 7.04. The quantitative estimate of drug-likeness (QED) is 0.368. The maximum absolute atomic E-state index is 5.21. The van der Waals surface area contributed by atoms with Crippen molar-refractivity contribution in [3.05, 3.63) is 0 Å². The van der Waals surface area contributed by atoms with Gasteiger partial charge in [0, 0.05) is 33.9 Å². The van der Waals surface area contributed by atoms with Gasteiger partial charge in [-0.2, -0.15) is 0 Å². The molecule has 4 nitrogen and oxygen atoms in total. The second kappa shape index (κ2) is 8.56. The fraction of sp³-hybridized carbons (Fsp3) is 0.938. The molecule has 0 heterocycles. The molecule has 0 aromatic rings. The second-order valence-corrected chi connectivity index (χ2v) is 6.73. The van der Waals surface area contributed by atoms with Gasteiger partial charge < -0.3 is 15.4 Å². The van der Waals surface area contributed by atoms with Crippen molar-refractivity contribution in [2.24, 2.45) is 15.8 Å². The summed E-state index contributed by atoms with van der Waals surface area (Å²) in [6, 6.07) is 0. The average Bonchev–Trinajstić information content (AvgIpc) is 3.19. The van der Waals surface area contributed by atoms with E-state index < -0.39 is 0 Å². The van der Waals surface area contributed by atoms with Gasteiger partial charge in [0.05, 0.1) is 0 Å². The van der Waals surface area contributed by atoms with E-state index in [0.29, 0.717) is 10.8 Å². The summed E-state index contributed by atoms with van der Waals surface area (Å²) in [5.41, 5.74) is 0.998. The molecule has 2 rings (SSSR count). The normalized spacial score (nSPS) is 22.0. The number of hydrogen-bond acceptors (Lipinski definition) is 2. The minimum absolute atomic E-state index is 0. The maximum atomic E-state index is 5.21. The van der Waals surface area contributed by atoms with E-state index in [1.54, 1.807) is 7.11 Å². The number of guanidine groups is 1. The van der Waals surface area contributed by atoms with Gasteiger partial charge in [0.1, 0.15) is 0 Å². The van der Waals surface area contributed by atoms with Crippen molar-refractivity contribution in [3.8, 4) is 0 Å². The molecule has 0 amide bonds. The van der Waals surface area contributed by atoms with Crippen LogP contribution < -0.4 is 10.6 Å². The third-order valence-corrected chi connectivity index (χ3v) is 5.44. The van der Waals surface area contributed by atoms with Crippen molar-refractivity contribution in [2.75, 3.05) is 33.9 Å². The molecule has 0 aromatic heterocycles. The van der Waals surface area contributed by atoms with Gasteiger partial charge in [-0.1, -0.05) is 13.3 Å². The molecule has 2 N–H and O–H groups in total. The zero-order chi connectivity index (χ0) is 14.5. The van der Waals surface area contributed by atoms with Crippen LogP contribution in [-0.2, 0) is 4.74 Å². The lowest BCUT2D eigenvalue weighted by molar-refractivity contribution is 0.131. The Morgan fingerprint density at radius 1 is 1.10 bits per heavy atom. The van der Waals surface area contributed by atoms with Crippen LogP contribution in [0.25, 0.3) is 0 Å². The van der Waals surface area contributed by atoms with Crippen LogP contribution >= 0.6 is 24.0 Å². The lowest BCUT2D eigenvalue weighted by atomic mass is 9.67. The Labute approximate surface area is 146 Å². The lowest BCUT2D eigenvalue weighted by Gasteiger charge is -2.41. The fourth-order valence-corrected chi connectivity index (χ4v) is 3.11. The topological polar surface area (TPSA) is 45.7 Å². The first-order valence-electron chi connectivity index (χ1n) is 8.11. The van der Waals surface area contributed by atoms with Crippen molar-refractivity contribution >= 4 is 29.9 Å². The second-order valence-electron chi connectivity index (χ2n) is 6.73. The highest BCUT2D eigenvalue weighted by Gasteiger charge is 2.42. The van der Waals surface area contributed by atoms with E-state index in [9.17, 15) is 0 Å². The summed E-state index contributed by atoms with van der Waals surface area (Å²) in [7, 11) is 3.65. The molecule has 0 saturated heterocycles. The van der Waals surface area contributed by atoms with Crippen LogP contribution in [0.1, 0.15) is 51.9 Å². The zero-order valence-electron chi connectivity index (χ0n) is 13.8. The number of nitrogens with one attached hydrogen (secondary N) is 2. The van der Waals surface area contributed by atoms with Crippen LogP contribution in [0, 0.1) is 10.8 Å². The Morgan fingerprint density at radius 2 is 1.71 bits per heavy atom. The lowest BCUT2D eigenvalue weighted by Crippen LogP contribution is -2.47. The molecular weight excluding hydrogens is 377 g/mol. The first-order valence-corrected chi connectivity index (χ1v) is 8.11. The predicted molar refractivity (Wildman–Crippen MR) is 99.5 cm³/mol. The third-order valence-electron chi connectivity index (χ3n) is 5.44. The number of hydrogen-bond donors (Lipinski definition) is 2. The zero-order valence-corrected chi connectivity index (χ0v) is 16.2. The predicted octanol–water partition coefficient (Wildman–Crippen LogP) is 3.17. The summed E-state index contributed by atoms with van der Waals surface area (Å²) in [6.07, 6.45) is 9.19. The molecule has 0 spiro atoms. The fourth-order valence-electron chi connectivity index (χ4n) is 3.11. The summed E-state index contributed by atoms with van der Waals surface area (Å²) >= 11 is 0. The van der Waals surface area contributed by atoms with E-state index in [2.05, 4.69) is 22.5 Å². The van der Waals surface area contributed by atoms with Crippen molar-refractivity contribution in [2.45, 2.75) is 51.9 Å². The molecule has 21 heavy (non-hydrogen) atoms. The number of ether oxygens (including phenoxy) is 1. The van der Waals surface area contributed by atoms with Gasteiger partial charge in [-0.15, -0.1) is 24.0 Å². The Hall–Kier alpha value is -0.0400. The highest BCUT2D eigenvalue weighted by molar-refractivity contribution is 14.0. The minimum Gasteiger partial charge on any atom is -0.385 e. The molecule has 2 aliphatic carbocycles. The van der Waals surface area contributed by atoms with Crippen molar-refractivity contribution in [1.29, 1.82) is 0 Å². The highest BCUT2D eigenvalue weighted by atomic mass is 127. The van der Waals surface area contributed by atoms with E-state index in [4.69, 9.17) is 4.74 Å². The van der Waals surface area contributed by atoms with Crippen LogP contribution in [0.2, 0.25) is 0 Å². The average molecular weight is 409 g/mol. The standard InChI is InChI=1S/C16H31N3O.HI/c1-4-15(6-5-7-15)12-18-14(17-2)19-13-16(8-9-16)10-11-20-3;/h4-13H2,1-3H3,(H2,17,18,19);1H. The summed E-state index contributed by atoms with van der Waals surface area (Å²) in [6.45, 7) is 5.26. The number of aliphatic imine (C=N–C) groups is 1. The molecule has 124 valence electrons. The Morgan fingerprint density at radius 3 is 2.10 bits per heavy atom. The molecule has 0 atom stereocenters. The van der Waals surface area contributed by atoms with Crippen LogP contribution in [0.4, 0.5) is 0 Å². The molecule has 0 radical (unpaired) electrons. The number of halogens is 1. The molecule has 2 saturated carbocycles. The molecule has 0 aromatic carbocycles. The van der Waals surface area contributed by atoms with Gasteiger partial charge in [-0.3, -0.25) is 4.99 Å². The molecule has 0 aliphatic heterocycles. The van der Waals surface area contributed by atoms with Crippen LogP contribution in [0.5, 0.6) is 0 Å². The number of nitrogens with zero attached hydrogens (tertiary/aromatic N) is 1. The molecule has 2 fully saturated rings. The van der Waals surface area contributed by atoms with Gasteiger partial charge in [0.2, 0.25) is 0 Å². The number of rotatable bonds is 8. The summed E-state index contributed by atoms with van der Waals surface area (Å²) < 4.78 is 5.21. The highest BCUT2D eigenvalue weighted by Crippen LogP contribution is 2.48. The smallest absolute Gasteiger partial charge is 0.191 e. The van der Waals surface area contributed by atoms with E-state index in [0.717, 1.165) is 32.1 Å². The van der Waals surface area contributed by atoms with Crippen molar-refractivity contribution in [3.63, 3.8) is 0 Å². The molecule has 2 aliphatic rings. The molecule has 0 unspecified atom stereocenters. The first kappa shape index (κ1) is 19.0. The monoisotopic (exact) mass is 409 g/mol. The van der Waals surface area contributed by atoms with Gasteiger partial charge in [0.25, 0.3) is 0 Å². The van der Waals surface area contributed by atoms with E-state index in [1.165, 1.54) is 38.5 Å². The minimum atomic E-state index is 0. The van der Waals surface area contributed by atoms with Crippen molar-refractivity contribution < 1.29 is 4.74 Å². The van der Waals surface area contributed by atoms with E-state index in [1.807, 2.05) is 7.05 Å². The van der Waals surface area contributed by atoms with Gasteiger partial charge >= 0.3 is 0 Å². The van der Waals surface area contributed by atoms with Crippen molar-refractivity contribution in [1.82, 2.24) is 10.6 Å². The Bertz CT molecular complexity index is 333. The van der Waals surface area contributed by atoms with Gasteiger partial charge in [-0.05, 0) is 49.4 Å². The van der Waals surface area contributed by atoms with Gasteiger partial charge in [0.15, 0.2) is 5.96 Å². The van der Waals surface area contributed by atoms with Crippen LogP contribution in [0.15, 0.2) is 4.99 Å². The molecule has 0 bridgehead atoms. The van der Waals surface area contributed by atoms with Crippen LogP contribution in [-0.4, -0.2) is 39.8 Å². The summed E-state index contributed by atoms with van der Waals surface area (Å²) in [5.74, 6) is 0.966. The van der Waals surface area contributed by atoms with E-state index in [-0.39, 0.29) is 24.0 Å². The SMILES string of the molecule is CCC1(CNC(=NC)NCC2(CCOC)CC2)CCC1.I. The van der Waals surface area contributed by atoms with E-state index >= 15 is 0 Å². The first-order chi connectivity index (χ1) is 9.67. The molecule has 5 heteroatoms. The Balaban J connectivity index is 0.00000220.